The summed E-state index contributed by atoms with van der Waals surface area (Å²) in [7, 11) is 0. The molecule has 0 atom stereocenters. The summed E-state index contributed by atoms with van der Waals surface area (Å²) in [5.41, 5.74) is 7.53. The van der Waals surface area contributed by atoms with E-state index in [0.717, 1.165) is 36.9 Å². The normalized spacial score (nSPS) is 15.2. The average molecular weight is 337 g/mol. The van der Waals surface area contributed by atoms with Crippen LogP contribution >= 0.6 is 12.4 Å². The summed E-state index contributed by atoms with van der Waals surface area (Å²) in [4.78, 5) is 18.2. The average Bonchev–Trinajstić information content (AvgIpc) is 2.92. The van der Waals surface area contributed by atoms with Crippen molar-refractivity contribution in [3.8, 4) is 11.4 Å². The van der Waals surface area contributed by atoms with Crippen LogP contribution in [-0.2, 0) is 17.9 Å². The van der Waals surface area contributed by atoms with Crippen molar-refractivity contribution in [2.24, 2.45) is 5.73 Å². The molecule has 124 valence electrons. The molecule has 0 radical (unpaired) electrons. The van der Waals surface area contributed by atoms with Gasteiger partial charge in [-0.05, 0) is 18.4 Å². The summed E-state index contributed by atoms with van der Waals surface area (Å²) in [6.07, 6.45) is 3.72. The van der Waals surface area contributed by atoms with Crippen molar-refractivity contribution in [3.05, 3.63) is 35.7 Å². The third kappa shape index (κ3) is 4.30. The molecule has 3 rings (SSSR count). The van der Waals surface area contributed by atoms with Crippen LogP contribution in [0.15, 0.2) is 28.8 Å². The molecular weight excluding hydrogens is 316 g/mol. The number of rotatable bonds is 4. The highest BCUT2D eigenvalue weighted by molar-refractivity contribution is 5.85. The van der Waals surface area contributed by atoms with Gasteiger partial charge in [-0.15, -0.1) is 12.4 Å². The number of carbonyl (C=O) groups is 1. The van der Waals surface area contributed by atoms with Crippen LogP contribution in [0.4, 0.5) is 0 Å². The molecule has 0 bridgehead atoms. The molecule has 1 fully saturated rings. The number of hydrogen-bond donors (Lipinski definition) is 1. The highest BCUT2D eigenvalue weighted by Gasteiger charge is 2.19. The van der Waals surface area contributed by atoms with Crippen molar-refractivity contribution < 1.29 is 9.32 Å². The van der Waals surface area contributed by atoms with E-state index >= 15 is 0 Å². The minimum absolute atomic E-state index is 0. The molecule has 0 saturated carbocycles. The van der Waals surface area contributed by atoms with Crippen LogP contribution in [-0.4, -0.2) is 27.5 Å². The van der Waals surface area contributed by atoms with Crippen molar-refractivity contribution >= 4 is 18.3 Å². The number of halogens is 1. The SMILES string of the molecule is Cl.NCc1ccc(-c2noc(CN3CCCCCC3=O)n2)cc1. The van der Waals surface area contributed by atoms with Gasteiger partial charge in [0, 0.05) is 25.1 Å². The van der Waals surface area contributed by atoms with Crippen molar-refractivity contribution in [3.63, 3.8) is 0 Å². The minimum Gasteiger partial charge on any atom is -0.337 e. The molecule has 23 heavy (non-hydrogen) atoms. The van der Waals surface area contributed by atoms with E-state index in [9.17, 15) is 4.79 Å². The van der Waals surface area contributed by atoms with E-state index in [0.29, 0.717) is 31.2 Å². The quantitative estimate of drug-likeness (QED) is 0.927. The summed E-state index contributed by atoms with van der Waals surface area (Å²) in [6.45, 7) is 1.67. The molecular formula is C16H21ClN4O2. The third-order valence-corrected chi connectivity index (χ3v) is 3.91. The Labute approximate surface area is 141 Å². The molecule has 1 aliphatic heterocycles. The van der Waals surface area contributed by atoms with Crippen LogP contribution in [0.1, 0.15) is 37.1 Å². The zero-order valence-electron chi connectivity index (χ0n) is 12.9. The van der Waals surface area contributed by atoms with Gasteiger partial charge in [0.1, 0.15) is 0 Å². The highest BCUT2D eigenvalue weighted by Crippen LogP contribution is 2.18. The van der Waals surface area contributed by atoms with E-state index in [4.69, 9.17) is 10.3 Å². The molecule has 1 aromatic carbocycles. The van der Waals surface area contributed by atoms with Gasteiger partial charge in [0.2, 0.25) is 17.6 Å². The third-order valence-electron chi connectivity index (χ3n) is 3.91. The van der Waals surface area contributed by atoms with Crippen LogP contribution in [0, 0.1) is 0 Å². The molecule has 1 amide bonds. The van der Waals surface area contributed by atoms with E-state index in [2.05, 4.69) is 10.1 Å². The molecule has 2 aromatic rings. The molecule has 0 aliphatic carbocycles. The lowest BCUT2D eigenvalue weighted by atomic mass is 10.1. The van der Waals surface area contributed by atoms with Gasteiger partial charge in [-0.1, -0.05) is 35.8 Å². The first-order valence-corrected chi connectivity index (χ1v) is 7.66. The van der Waals surface area contributed by atoms with E-state index in [1.807, 2.05) is 29.2 Å². The van der Waals surface area contributed by atoms with Gasteiger partial charge >= 0.3 is 0 Å². The van der Waals surface area contributed by atoms with Crippen LogP contribution < -0.4 is 5.73 Å². The predicted octanol–water partition coefficient (Wildman–Crippen LogP) is 2.52. The van der Waals surface area contributed by atoms with Crippen molar-refractivity contribution in [1.29, 1.82) is 0 Å². The van der Waals surface area contributed by atoms with E-state index < -0.39 is 0 Å². The molecule has 1 aromatic heterocycles. The Kier molecular flexibility index (Phi) is 6.12. The molecule has 6 nitrogen and oxygen atoms in total. The van der Waals surface area contributed by atoms with Gasteiger partial charge in [0.05, 0.1) is 6.54 Å². The largest absolute Gasteiger partial charge is 0.337 e. The van der Waals surface area contributed by atoms with Gasteiger partial charge < -0.3 is 15.2 Å². The first-order chi connectivity index (χ1) is 10.8. The lowest BCUT2D eigenvalue weighted by Gasteiger charge is -2.17. The highest BCUT2D eigenvalue weighted by atomic mass is 35.5. The Hall–Kier alpha value is -1.92. The van der Waals surface area contributed by atoms with Crippen LogP contribution in [0.5, 0.6) is 0 Å². The molecule has 2 heterocycles. The zero-order valence-corrected chi connectivity index (χ0v) is 13.7. The lowest BCUT2D eigenvalue weighted by molar-refractivity contribution is -0.131. The maximum Gasteiger partial charge on any atom is 0.246 e. The second kappa shape index (κ2) is 8.08. The smallest absolute Gasteiger partial charge is 0.246 e. The van der Waals surface area contributed by atoms with Crippen LogP contribution in [0.2, 0.25) is 0 Å². The Morgan fingerprint density at radius 2 is 1.96 bits per heavy atom. The van der Waals surface area contributed by atoms with Gasteiger partial charge in [0.25, 0.3) is 0 Å². The van der Waals surface area contributed by atoms with E-state index in [-0.39, 0.29) is 18.3 Å². The number of benzene rings is 1. The number of nitrogens with zero attached hydrogens (tertiary/aromatic N) is 3. The molecule has 1 aliphatic rings. The van der Waals surface area contributed by atoms with Gasteiger partial charge in [-0.3, -0.25) is 4.79 Å². The maximum atomic E-state index is 12.0. The summed E-state index contributed by atoms with van der Waals surface area (Å²) in [5.74, 6) is 1.19. The first kappa shape index (κ1) is 17.4. The molecule has 7 heteroatoms. The number of aromatic nitrogens is 2. The Morgan fingerprint density at radius 3 is 2.70 bits per heavy atom. The second-order valence-electron chi connectivity index (χ2n) is 5.54. The number of hydrogen-bond acceptors (Lipinski definition) is 5. The predicted molar refractivity (Wildman–Crippen MR) is 88.8 cm³/mol. The minimum atomic E-state index is 0. The van der Waals surface area contributed by atoms with Crippen molar-refractivity contribution in [2.45, 2.75) is 38.8 Å². The number of likely N-dealkylation sites (tertiary alicyclic amines) is 1. The standard InChI is InChI=1S/C16H20N4O2.ClH/c17-10-12-5-7-13(8-6-12)16-18-14(22-19-16)11-20-9-3-1-2-4-15(20)21;/h5-8H,1-4,9-11,17H2;1H. The monoisotopic (exact) mass is 336 g/mol. The van der Waals surface area contributed by atoms with E-state index in [1.54, 1.807) is 0 Å². The Bertz CT molecular complexity index is 642. The fourth-order valence-corrected chi connectivity index (χ4v) is 2.60. The van der Waals surface area contributed by atoms with Crippen LogP contribution in [0.25, 0.3) is 11.4 Å². The Balaban J connectivity index is 0.00000192. The Morgan fingerprint density at radius 1 is 1.17 bits per heavy atom. The number of nitrogens with two attached hydrogens (primary N) is 1. The summed E-state index contributed by atoms with van der Waals surface area (Å²) in [5, 5.41) is 4.00. The molecule has 1 saturated heterocycles. The number of amides is 1. The zero-order chi connectivity index (χ0) is 15.4. The maximum absolute atomic E-state index is 12.0. The summed E-state index contributed by atoms with van der Waals surface area (Å²) in [6, 6.07) is 7.75. The van der Waals surface area contributed by atoms with Crippen molar-refractivity contribution in [1.82, 2.24) is 15.0 Å². The molecule has 0 unspecified atom stereocenters. The first-order valence-electron chi connectivity index (χ1n) is 7.66. The fraction of sp³-hybridized carbons (Fsp3) is 0.438. The second-order valence-corrected chi connectivity index (χ2v) is 5.54. The van der Waals surface area contributed by atoms with Gasteiger partial charge in [-0.2, -0.15) is 4.98 Å². The molecule has 2 N–H and O–H groups in total. The molecule has 0 spiro atoms. The summed E-state index contributed by atoms with van der Waals surface area (Å²) < 4.78 is 5.29. The lowest BCUT2D eigenvalue weighted by Crippen LogP contribution is -2.29. The summed E-state index contributed by atoms with van der Waals surface area (Å²) >= 11 is 0. The van der Waals surface area contributed by atoms with Gasteiger partial charge in [0.15, 0.2) is 0 Å². The fourth-order valence-electron chi connectivity index (χ4n) is 2.60. The number of carbonyl (C=O) groups excluding carboxylic acids is 1. The van der Waals surface area contributed by atoms with Crippen LogP contribution in [0.3, 0.4) is 0 Å². The van der Waals surface area contributed by atoms with E-state index in [1.165, 1.54) is 0 Å². The van der Waals surface area contributed by atoms with Crippen molar-refractivity contribution in [2.75, 3.05) is 6.54 Å². The van der Waals surface area contributed by atoms with Gasteiger partial charge in [-0.25, -0.2) is 0 Å². The topological polar surface area (TPSA) is 85.2 Å².